The van der Waals surface area contributed by atoms with Crippen LogP contribution in [0.5, 0.6) is 0 Å². The lowest BCUT2D eigenvalue weighted by Crippen LogP contribution is -2.13. The third kappa shape index (κ3) is 3.20. The van der Waals surface area contributed by atoms with E-state index in [0.717, 1.165) is 15.6 Å². The fourth-order valence-corrected chi connectivity index (χ4v) is 3.52. The SMILES string of the molecule is OC(CSc1cccc(F)c1)Cc1cn2ccsc2n1. The summed E-state index contributed by atoms with van der Waals surface area (Å²) in [6, 6.07) is 6.41. The van der Waals surface area contributed by atoms with E-state index in [9.17, 15) is 9.50 Å². The average Bonchev–Trinajstić information content (AvgIpc) is 2.97. The van der Waals surface area contributed by atoms with Crippen LogP contribution in [0.25, 0.3) is 4.96 Å². The molecule has 0 radical (unpaired) electrons. The van der Waals surface area contributed by atoms with Crippen molar-refractivity contribution in [3.63, 3.8) is 0 Å². The number of benzene rings is 1. The van der Waals surface area contributed by atoms with E-state index in [1.807, 2.05) is 28.2 Å². The highest BCUT2D eigenvalue weighted by atomic mass is 32.2. The Hall–Kier alpha value is -1.37. The zero-order chi connectivity index (χ0) is 13.9. The topological polar surface area (TPSA) is 37.5 Å². The van der Waals surface area contributed by atoms with Crippen molar-refractivity contribution in [2.45, 2.75) is 17.4 Å². The van der Waals surface area contributed by atoms with Crippen molar-refractivity contribution < 1.29 is 9.50 Å². The zero-order valence-electron chi connectivity index (χ0n) is 10.6. The first kappa shape index (κ1) is 13.6. The molecule has 0 aliphatic rings. The molecule has 3 rings (SSSR count). The molecule has 20 heavy (non-hydrogen) atoms. The van der Waals surface area contributed by atoms with E-state index >= 15 is 0 Å². The lowest BCUT2D eigenvalue weighted by Gasteiger charge is -2.08. The van der Waals surface area contributed by atoms with Crippen molar-refractivity contribution in [2.75, 3.05) is 5.75 Å². The van der Waals surface area contributed by atoms with Gasteiger partial charge >= 0.3 is 0 Å². The van der Waals surface area contributed by atoms with Gasteiger partial charge < -0.3 is 5.11 Å². The molecule has 0 amide bonds. The molecule has 0 saturated carbocycles. The summed E-state index contributed by atoms with van der Waals surface area (Å²) in [5.74, 6) is 0.271. The zero-order valence-corrected chi connectivity index (χ0v) is 12.2. The van der Waals surface area contributed by atoms with Crippen molar-refractivity contribution >= 4 is 28.1 Å². The molecule has 0 aliphatic carbocycles. The number of thiazole rings is 1. The molecule has 0 saturated heterocycles. The Morgan fingerprint density at radius 2 is 2.35 bits per heavy atom. The number of hydrogen-bond acceptors (Lipinski definition) is 4. The van der Waals surface area contributed by atoms with Crippen LogP contribution in [0, 0.1) is 5.82 Å². The third-order valence-corrected chi connectivity index (χ3v) is 4.74. The maximum Gasteiger partial charge on any atom is 0.193 e. The Morgan fingerprint density at radius 3 is 3.15 bits per heavy atom. The second kappa shape index (κ2) is 5.95. The summed E-state index contributed by atoms with van der Waals surface area (Å²) in [6.07, 6.45) is 3.90. The minimum atomic E-state index is -0.493. The number of fused-ring (bicyclic) bond motifs is 1. The van der Waals surface area contributed by atoms with Crippen LogP contribution in [0.4, 0.5) is 4.39 Å². The van der Waals surface area contributed by atoms with Crippen molar-refractivity contribution in [3.05, 3.63) is 53.6 Å². The van der Waals surface area contributed by atoms with Crippen molar-refractivity contribution in [1.82, 2.24) is 9.38 Å². The summed E-state index contributed by atoms with van der Waals surface area (Å²) in [7, 11) is 0. The van der Waals surface area contributed by atoms with Gasteiger partial charge in [-0.1, -0.05) is 6.07 Å². The number of hydrogen-bond donors (Lipinski definition) is 1. The smallest absolute Gasteiger partial charge is 0.193 e. The number of aliphatic hydroxyl groups excluding tert-OH is 1. The third-order valence-electron chi connectivity index (χ3n) is 2.83. The van der Waals surface area contributed by atoms with Gasteiger partial charge in [0.25, 0.3) is 0 Å². The minimum Gasteiger partial charge on any atom is -0.392 e. The quantitative estimate of drug-likeness (QED) is 0.735. The van der Waals surface area contributed by atoms with Gasteiger partial charge in [0.15, 0.2) is 4.96 Å². The predicted molar refractivity (Wildman–Crippen MR) is 79.9 cm³/mol. The van der Waals surface area contributed by atoms with Crippen LogP contribution in [0.15, 0.2) is 46.9 Å². The van der Waals surface area contributed by atoms with Crippen molar-refractivity contribution in [3.8, 4) is 0 Å². The molecule has 1 unspecified atom stereocenters. The molecule has 1 atom stereocenters. The molecule has 3 aromatic rings. The summed E-state index contributed by atoms with van der Waals surface area (Å²) in [6.45, 7) is 0. The predicted octanol–water partition coefficient (Wildman–Crippen LogP) is 3.23. The second-order valence-electron chi connectivity index (χ2n) is 4.45. The summed E-state index contributed by atoms with van der Waals surface area (Å²) >= 11 is 3.02. The van der Waals surface area contributed by atoms with Gasteiger partial charge in [-0.15, -0.1) is 23.1 Å². The Kier molecular flexibility index (Phi) is 4.05. The van der Waals surface area contributed by atoms with E-state index in [4.69, 9.17) is 0 Å². The van der Waals surface area contributed by atoms with E-state index in [1.54, 1.807) is 17.4 Å². The van der Waals surface area contributed by atoms with Crippen LogP contribution >= 0.6 is 23.1 Å². The van der Waals surface area contributed by atoms with Gasteiger partial charge in [0.05, 0.1) is 11.8 Å². The molecule has 1 N–H and O–H groups in total. The number of imidazole rings is 1. The largest absolute Gasteiger partial charge is 0.392 e. The molecular weight excluding hydrogens is 295 g/mol. The first-order chi connectivity index (χ1) is 9.70. The summed E-state index contributed by atoms with van der Waals surface area (Å²) < 4.78 is 15.0. The van der Waals surface area contributed by atoms with E-state index in [1.165, 1.54) is 23.9 Å². The average molecular weight is 308 g/mol. The van der Waals surface area contributed by atoms with Gasteiger partial charge in [-0.3, -0.25) is 4.40 Å². The molecular formula is C14H13FN2OS2. The molecule has 1 aromatic carbocycles. The number of halogens is 1. The maximum atomic E-state index is 13.0. The number of aromatic nitrogens is 2. The molecule has 0 aliphatic heterocycles. The summed E-state index contributed by atoms with van der Waals surface area (Å²) in [5.41, 5.74) is 0.879. The summed E-state index contributed by atoms with van der Waals surface area (Å²) in [5, 5.41) is 12.0. The monoisotopic (exact) mass is 308 g/mol. The fourth-order valence-electron chi connectivity index (χ4n) is 1.92. The molecule has 6 heteroatoms. The van der Waals surface area contributed by atoms with E-state index in [2.05, 4.69) is 4.98 Å². The van der Waals surface area contributed by atoms with Gasteiger partial charge in [-0.05, 0) is 18.2 Å². The molecule has 0 fully saturated rings. The van der Waals surface area contributed by atoms with Crippen molar-refractivity contribution in [1.29, 1.82) is 0 Å². The standard InChI is InChI=1S/C14H13FN2OS2/c15-10-2-1-3-13(6-10)20-9-12(18)7-11-8-17-4-5-19-14(17)16-11/h1-6,8,12,18H,7,9H2. The highest BCUT2D eigenvalue weighted by molar-refractivity contribution is 7.99. The first-order valence-corrected chi connectivity index (χ1v) is 8.05. The van der Waals surface area contributed by atoms with Crippen LogP contribution in [0.3, 0.4) is 0 Å². The fraction of sp³-hybridized carbons (Fsp3) is 0.214. The molecule has 3 nitrogen and oxygen atoms in total. The van der Waals surface area contributed by atoms with Crippen LogP contribution in [-0.4, -0.2) is 26.3 Å². The Balaban J connectivity index is 1.57. The minimum absolute atomic E-state index is 0.251. The van der Waals surface area contributed by atoms with Gasteiger partial charge in [-0.2, -0.15) is 0 Å². The highest BCUT2D eigenvalue weighted by Gasteiger charge is 2.10. The van der Waals surface area contributed by atoms with Gasteiger partial charge in [-0.25, -0.2) is 9.37 Å². The molecule has 0 spiro atoms. The van der Waals surface area contributed by atoms with E-state index in [-0.39, 0.29) is 5.82 Å². The number of nitrogens with zero attached hydrogens (tertiary/aromatic N) is 2. The van der Waals surface area contributed by atoms with Crippen LogP contribution in [0.2, 0.25) is 0 Å². The Morgan fingerprint density at radius 1 is 1.45 bits per heavy atom. The number of aliphatic hydroxyl groups is 1. The van der Waals surface area contributed by atoms with Crippen LogP contribution in [-0.2, 0) is 6.42 Å². The Labute approximate surface area is 124 Å². The van der Waals surface area contributed by atoms with Crippen LogP contribution < -0.4 is 0 Å². The lowest BCUT2D eigenvalue weighted by molar-refractivity contribution is 0.199. The van der Waals surface area contributed by atoms with E-state index in [0.29, 0.717) is 12.2 Å². The van der Waals surface area contributed by atoms with Gasteiger partial charge in [0, 0.05) is 34.8 Å². The molecule has 104 valence electrons. The Bertz CT molecular complexity index is 681. The van der Waals surface area contributed by atoms with Gasteiger partial charge in [0.2, 0.25) is 0 Å². The molecule has 0 bridgehead atoms. The van der Waals surface area contributed by atoms with Gasteiger partial charge in [0.1, 0.15) is 5.82 Å². The first-order valence-electron chi connectivity index (χ1n) is 6.18. The van der Waals surface area contributed by atoms with Crippen molar-refractivity contribution in [2.24, 2.45) is 0 Å². The highest BCUT2D eigenvalue weighted by Crippen LogP contribution is 2.21. The normalized spacial score (nSPS) is 12.9. The second-order valence-corrected chi connectivity index (χ2v) is 6.42. The molecule has 2 heterocycles. The number of thioether (sulfide) groups is 1. The maximum absolute atomic E-state index is 13.0. The lowest BCUT2D eigenvalue weighted by atomic mass is 10.2. The molecule has 2 aromatic heterocycles. The number of rotatable bonds is 5. The summed E-state index contributed by atoms with van der Waals surface area (Å²) in [4.78, 5) is 6.20. The van der Waals surface area contributed by atoms with Crippen LogP contribution in [0.1, 0.15) is 5.69 Å². The van der Waals surface area contributed by atoms with E-state index < -0.39 is 6.10 Å².